The van der Waals surface area contributed by atoms with E-state index in [-0.39, 0.29) is 53.8 Å². The van der Waals surface area contributed by atoms with E-state index in [0.29, 0.717) is 35.5 Å². The number of carbonyl (C=O) groups is 1. The number of hydrogen-bond acceptors (Lipinski definition) is 9. The molecule has 1 aliphatic heterocycles. The summed E-state index contributed by atoms with van der Waals surface area (Å²) >= 11 is -0.323. The largest absolute Gasteiger partial charge is 0.484 e. The zero-order valence-electron chi connectivity index (χ0n) is 22.2. The maximum absolute atomic E-state index is 14.7. The number of amides is 1. The van der Waals surface area contributed by atoms with E-state index in [4.69, 9.17) is 14.5 Å². The van der Waals surface area contributed by atoms with Gasteiger partial charge in [-0.25, -0.2) is 4.39 Å². The molecule has 0 radical (unpaired) electrons. The number of nitrogens with one attached hydrogen (secondary N) is 2. The van der Waals surface area contributed by atoms with Crippen LogP contribution < -0.4 is 15.4 Å². The molecule has 220 valence electrons. The number of nitrogens with zero attached hydrogens (tertiary/aromatic N) is 5. The summed E-state index contributed by atoms with van der Waals surface area (Å²) in [7, 11) is 1.83. The first kappa shape index (κ1) is 29.2. The van der Waals surface area contributed by atoms with E-state index < -0.39 is 23.6 Å². The summed E-state index contributed by atoms with van der Waals surface area (Å²) in [6.45, 7) is 0.438. The third-order valence-electron chi connectivity index (χ3n) is 6.56. The lowest BCUT2D eigenvalue weighted by Gasteiger charge is -2.33. The van der Waals surface area contributed by atoms with Gasteiger partial charge in [-0.3, -0.25) is 4.79 Å². The zero-order valence-corrected chi connectivity index (χ0v) is 23.0. The lowest BCUT2D eigenvalue weighted by atomic mass is 10.0. The molecule has 3 aromatic heterocycles. The van der Waals surface area contributed by atoms with Gasteiger partial charge in [-0.1, -0.05) is 5.16 Å². The second-order valence-electron chi connectivity index (χ2n) is 9.62. The molecule has 0 bridgehead atoms. The number of pyridine rings is 1. The minimum absolute atomic E-state index is 0.0279. The van der Waals surface area contributed by atoms with E-state index in [1.54, 1.807) is 36.4 Å². The number of ether oxygens (including phenoxy) is 1. The quantitative estimate of drug-likeness (QED) is 0.209. The Balaban J connectivity index is 1.32. The Kier molecular flexibility index (Phi) is 8.55. The monoisotopic (exact) mass is 603 g/mol. The third-order valence-corrected chi connectivity index (χ3v) is 7.40. The Labute approximate surface area is 241 Å². The van der Waals surface area contributed by atoms with Crippen molar-refractivity contribution in [1.29, 1.82) is 5.26 Å². The number of nitriles is 1. The van der Waals surface area contributed by atoms with Crippen LogP contribution in [0.15, 0.2) is 58.2 Å². The van der Waals surface area contributed by atoms with E-state index >= 15 is 0 Å². The Hall–Kier alpha value is -4.29. The highest BCUT2D eigenvalue weighted by Crippen LogP contribution is 2.43. The number of piperidine rings is 1. The number of halogens is 4. The number of rotatable bonds is 9. The summed E-state index contributed by atoms with van der Waals surface area (Å²) in [4.78, 5) is 18.3. The fourth-order valence-corrected chi connectivity index (χ4v) is 5.26. The van der Waals surface area contributed by atoms with Crippen LogP contribution in [-0.4, -0.2) is 69.8 Å². The molecule has 1 aromatic carbocycles. The first-order valence-electron chi connectivity index (χ1n) is 12.8. The number of fused-ring (bicyclic) bond motifs is 1. The van der Waals surface area contributed by atoms with Crippen LogP contribution in [0, 0.1) is 11.3 Å². The molecular formula is C27H25F4N7O3S. The molecule has 4 heterocycles. The van der Waals surface area contributed by atoms with Crippen LogP contribution in [0.2, 0.25) is 0 Å². The van der Waals surface area contributed by atoms with Gasteiger partial charge in [0, 0.05) is 31.0 Å². The van der Waals surface area contributed by atoms with E-state index in [2.05, 4.69) is 20.8 Å². The van der Waals surface area contributed by atoms with Crippen LogP contribution in [-0.2, 0) is 11.3 Å². The van der Waals surface area contributed by atoms with Crippen molar-refractivity contribution in [3.8, 4) is 23.2 Å². The number of carbonyl (C=O) groups excluding carboxylic acids is 1. The first-order valence-corrected chi connectivity index (χ1v) is 13.6. The molecule has 1 aliphatic rings. The number of benzene rings is 1. The minimum atomic E-state index is -4.61. The number of alkyl halides is 4. The standard InChI is InChI=1S/C27H25F4N7O3S/c1-37-10-8-20(19(28)14-37)34-21-3-2-9-38-22(21)11-18(26(38)42-27(29,30)31)25-35-24(41-36-25)13-33-23(39)15-40-17-6-4-16(12-32)5-7-17/h2-7,9,11,19-20,34H,8,10,13-15H2,1H3,(H,33,39)/t19-,20+/m0/s1. The van der Waals surface area contributed by atoms with Crippen LogP contribution in [0.4, 0.5) is 23.2 Å². The number of likely N-dealkylation sites (tertiary alicyclic amines) is 1. The van der Waals surface area contributed by atoms with Gasteiger partial charge in [-0.05, 0) is 55.9 Å². The highest BCUT2D eigenvalue weighted by molar-refractivity contribution is 8.00. The molecule has 1 amide bonds. The molecule has 5 rings (SSSR count). The van der Waals surface area contributed by atoms with Crippen LogP contribution in [0.5, 0.6) is 5.75 Å². The topological polar surface area (TPSA) is 121 Å². The van der Waals surface area contributed by atoms with Gasteiger partial charge in [0.1, 0.15) is 11.9 Å². The van der Waals surface area contributed by atoms with Crippen molar-refractivity contribution in [3.63, 3.8) is 0 Å². The van der Waals surface area contributed by atoms with Gasteiger partial charge in [0.05, 0.1) is 46.0 Å². The summed E-state index contributed by atoms with van der Waals surface area (Å²) < 4.78 is 67.4. The average molecular weight is 604 g/mol. The van der Waals surface area contributed by atoms with Gasteiger partial charge < -0.3 is 29.2 Å². The predicted octanol–water partition coefficient (Wildman–Crippen LogP) is 4.62. The number of anilines is 1. The Bertz CT molecular complexity index is 1600. The van der Waals surface area contributed by atoms with Gasteiger partial charge in [0.15, 0.2) is 6.61 Å². The summed E-state index contributed by atoms with van der Waals surface area (Å²) in [6.07, 6.45) is 0.871. The van der Waals surface area contributed by atoms with E-state index in [1.807, 2.05) is 18.0 Å². The summed E-state index contributed by atoms with van der Waals surface area (Å²) in [6, 6.07) is 12.5. The van der Waals surface area contributed by atoms with Gasteiger partial charge in [0.2, 0.25) is 11.7 Å². The van der Waals surface area contributed by atoms with Crippen LogP contribution in [0.25, 0.3) is 16.9 Å². The van der Waals surface area contributed by atoms with Gasteiger partial charge >= 0.3 is 5.51 Å². The SMILES string of the molecule is CN1CC[C@@H](Nc2cccn3c(SC(F)(F)F)c(-c4noc(CNC(=O)COc5ccc(C#N)cc5)n4)cc23)[C@@H](F)C1. The van der Waals surface area contributed by atoms with Crippen molar-refractivity contribution in [2.45, 2.75) is 35.7 Å². The minimum Gasteiger partial charge on any atom is -0.484 e. The Morgan fingerprint density at radius 3 is 2.79 bits per heavy atom. The predicted molar refractivity (Wildman–Crippen MR) is 146 cm³/mol. The molecule has 10 nitrogen and oxygen atoms in total. The Morgan fingerprint density at radius 1 is 1.29 bits per heavy atom. The normalized spacial score (nSPS) is 17.6. The molecule has 2 N–H and O–H groups in total. The van der Waals surface area contributed by atoms with Crippen LogP contribution in [0.1, 0.15) is 17.9 Å². The number of aromatic nitrogens is 3. The molecular weight excluding hydrogens is 578 g/mol. The average Bonchev–Trinajstić information content (AvgIpc) is 3.57. The highest BCUT2D eigenvalue weighted by atomic mass is 32.2. The molecule has 42 heavy (non-hydrogen) atoms. The summed E-state index contributed by atoms with van der Waals surface area (Å²) in [5.41, 5.74) is -3.23. The van der Waals surface area contributed by atoms with Crippen molar-refractivity contribution in [2.75, 3.05) is 32.1 Å². The smallest absolute Gasteiger partial charge is 0.447 e. The number of thioether (sulfide) groups is 1. The van der Waals surface area contributed by atoms with Crippen molar-refractivity contribution in [1.82, 2.24) is 24.8 Å². The fourth-order valence-electron chi connectivity index (χ4n) is 4.52. The first-order chi connectivity index (χ1) is 20.1. The molecule has 1 saturated heterocycles. The maximum atomic E-state index is 14.7. The zero-order chi connectivity index (χ0) is 29.9. The van der Waals surface area contributed by atoms with E-state index in [1.165, 1.54) is 16.7 Å². The van der Waals surface area contributed by atoms with Crippen molar-refractivity contribution >= 4 is 28.9 Å². The van der Waals surface area contributed by atoms with Gasteiger partial charge in [-0.15, -0.1) is 0 Å². The van der Waals surface area contributed by atoms with Crippen molar-refractivity contribution < 1.29 is 31.6 Å². The summed E-state index contributed by atoms with van der Waals surface area (Å²) in [5, 5.41) is 18.2. The molecule has 0 aliphatic carbocycles. The van der Waals surface area contributed by atoms with Gasteiger partial charge in [-0.2, -0.15) is 23.4 Å². The van der Waals surface area contributed by atoms with Gasteiger partial charge in [0.25, 0.3) is 5.91 Å². The fraction of sp³-hybridized carbons (Fsp3) is 0.333. The lowest BCUT2D eigenvalue weighted by molar-refractivity contribution is -0.123. The van der Waals surface area contributed by atoms with Crippen LogP contribution in [0.3, 0.4) is 0 Å². The van der Waals surface area contributed by atoms with Crippen molar-refractivity contribution in [2.24, 2.45) is 0 Å². The second-order valence-corrected chi connectivity index (χ2v) is 10.7. The molecule has 0 spiro atoms. The lowest BCUT2D eigenvalue weighted by Crippen LogP contribution is -2.46. The molecule has 1 fully saturated rings. The second kappa shape index (κ2) is 12.3. The maximum Gasteiger partial charge on any atom is 0.447 e. The molecule has 4 aromatic rings. The van der Waals surface area contributed by atoms with Crippen LogP contribution >= 0.6 is 11.8 Å². The molecule has 0 saturated carbocycles. The third kappa shape index (κ3) is 6.94. The highest BCUT2D eigenvalue weighted by Gasteiger charge is 2.34. The molecule has 0 unspecified atom stereocenters. The molecule has 2 atom stereocenters. The summed E-state index contributed by atoms with van der Waals surface area (Å²) in [5.74, 6) is -0.235. The van der Waals surface area contributed by atoms with E-state index in [0.717, 1.165) is 0 Å². The van der Waals surface area contributed by atoms with Crippen molar-refractivity contribution in [3.05, 3.63) is 60.1 Å². The Morgan fingerprint density at radius 2 is 2.07 bits per heavy atom. The van der Waals surface area contributed by atoms with E-state index in [9.17, 15) is 22.4 Å². The number of hydrogen-bond donors (Lipinski definition) is 2. The molecule has 15 heteroatoms.